The largest absolute Gasteiger partial charge is 0.384 e. The average molecular weight is 252 g/mol. The summed E-state index contributed by atoms with van der Waals surface area (Å²) in [5, 5.41) is 10.2. The van der Waals surface area contributed by atoms with Crippen LogP contribution in [0.2, 0.25) is 5.02 Å². The molecule has 17 heavy (non-hydrogen) atoms. The van der Waals surface area contributed by atoms with E-state index in [1.807, 2.05) is 6.92 Å². The summed E-state index contributed by atoms with van der Waals surface area (Å²) in [6.45, 7) is 1.87. The summed E-state index contributed by atoms with van der Waals surface area (Å²) in [4.78, 5) is 3.95. The van der Waals surface area contributed by atoms with Gasteiger partial charge in [-0.1, -0.05) is 17.7 Å². The standard InChI is InChI=1S/C13H11ClFNO/c1-8-4-5-16-7-10(8)13(17)9-2-3-11(14)12(15)6-9/h2-7,13,17H,1H3. The van der Waals surface area contributed by atoms with Crippen molar-refractivity contribution in [1.82, 2.24) is 4.98 Å². The van der Waals surface area contributed by atoms with Gasteiger partial charge in [-0.3, -0.25) is 4.98 Å². The zero-order chi connectivity index (χ0) is 12.4. The fraction of sp³-hybridized carbons (Fsp3) is 0.154. The van der Waals surface area contributed by atoms with E-state index in [1.165, 1.54) is 12.1 Å². The van der Waals surface area contributed by atoms with E-state index in [0.717, 1.165) is 5.56 Å². The molecule has 2 nitrogen and oxygen atoms in total. The topological polar surface area (TPSA) is 33.1 Å². The minimum Gasteiger partial charge on any atom is -0.384 e. The number of aliphatic hydroxyl groups excluding tert-OH is 1. The van der Waals surface area contributed by atoms with Crippen LogP contribution in [-0.2, 0) is 0 Å². The Bertz CT molecular complexity index is 545. The second-order valence-corrected chi connectivity index (χ2v) is 4.22. The van der Waals surface area contributed by atoms with Gasteiger partial charge in [0.25, 0.3) is 0 Å². The van der Waals surface area contributed by atoms with Gasteiger partial charge in [-0.2, -0.15) is 0 Å². The van der Waals surface area contributed by atoms with Crippen LogP contribution in [0.5, 0.6) is 0 Å². The van der Waals surface area contributed by atoms with Gasteiger partial charge in [-0.05, 0) is 36.2 Å². The van der Waals surface area contributed by atoms with Crippen molar-refractivity contribution in [3.05, 3.63) is 64.2 Å². The van der Waals surface area contributed by atoms with Gasteiger partial charge in [0.05, 0.1) is 5.02 Å². The molecule has 1 heterocycles. The Hall–Kier alpha value is -1.45. The van der Waals surface area contributed by atoms with Crippen LogP contribution in [0.4, 0.5) is 4.39 Å². The first-order chi connectivity index (χ1) is 8.09. The summed E-state index contributed by atoms with van der Waals surface area (Å²) in [5.74, 6) is -0.537. The van der Waals surface area contributed by atoms with Gasteiger partial charge in [0.15, 0.2) is 0 Å². The van der Waals surface area contributed by atoms with E-state index in [9.17, 15) is 9.50 Å². The average Bonchev–Trinajstić information content (AvgIpc) is 2.32. The van der Waals surface area contributed by atoms with E-state index in [2.05, 4.69) is 4.98 Å². The first-order valence-electron chi connectivity index (χ1n) is 5.13. The van der Waals surface area contributed by atoms with E-state index in [0.29, 0.717) is 11.1 Å². The summed E-state index contributed by atoms with van der Waals surface area (Å²) < 4.78 is 13.3. The molecule has 0 saturated carbocycles. The van der Waals surface area contributed by atoms with Crippen molar-refractivity contribution < 1.29 is 9.50 Å². The molecule has 0 aliphatic heterocycles. The third kappa shape index (κ3) is 2.46. The molecule has 1 aromatic carbocycles. The highest BCUT2D eigenvalue weighted by Gasteiger charge is 2.14. The lowest BCUT2D eigenvalue weighted by Gasteiger charge is -2.13. The monoisotopic (exact) mass is 251 g/mol. The predicted octanol–water partition coefficient (Wildman–Crippen LogP) is 3.26. The van der Waals surface area contributed by atoms with Crippen molar-refractivity contribution >= 4 is 11.6 Å². The molecule has 0 spiro atoms. The highest BCUT2D eigenvalue weighted by Crippen LogP contribution is 2.26. The number of hydrogen-bond donors (Lipinski definition) is 1. The molecule has 0 aliphatic rings. The SMILES string of the molecule is Cc1ccncc1C(O)c1ccc(Cl)c(F)c1. The maximum Gasteiger partial charge on any atom is 0.142 e. The number of nitrogens with zero attached hydrogens (tertiary/aromatic N) is 1. The minimum atomic E-state index is -0.893. The summed E-state index contributed by atoms with van der Waals surface area (Å²) in [6.07, 6.45) is 2.33. The van der Waals surface area contributed by atoms with E-state index >= 15 is 0 Å². The number of benzene rings is 1. The van der Waals surface area contributed by atoms with E-state index in [4.69, 9.17) is 11.6 Å². The molecule has 1 aromatic heterocycles. The minimum absolute atomic E-state index is 0.0452. The summed E-state index contributed by atoms with van der Waals surface area (Å²) in [5.41, 5.74) is 2.03. The molecule has 0 amide bonds. The van der Waals surface area contributed by atoms with Gasteiger partial charge in [0, 0.05) is 18.0 Å². The molecule has 88 valence electrons. The molecular formula is C13H11ClFNO. The lowest BCUT2D eigenvalue weighted by molar-refractivity contribution is 0.218. The van der Waals surface area contributed by atoms with Gasteiger partial charge < -0.3 is 5.11 Å². The fourth-order valence-electron chi connectivity index (χ4n) is 1.62. The Morgan fingerprint density at radius 3 is 2.76 bits per heavy atom. The molecule has 0 fully saturated rings. The van der Waals surface area contributed by atoms with Crippen molar-refractivity contribution in [2.75, 3.05) is 0 Å². The molecule has 1 atom stereocenters. The van der Waals surface area contributed by atoms with Crippen molar-refractivity contribution in [3.63, 3.8) is 0 Å². The number of aromatic nitrogens is 1. The lowest BCUT2D eigenvalue weighted by Crippen LogP contribution is -2.03. The van der Waals surface area contributed by atoms with Gasteiger partial charge >= 0.3 is 0 Å². The number of aliphatic hydroxyl groups is 1. The van der Waals surface area contributed by atoms with Crippen LogP contribution in [0.15, 0.2) is 36.7 Å². The van der Waals surface area contributed by atoms with Crippen LogP contribution in [0.3, 0.4) is 0 Å². The van der Waals surface area contributed by atoms with E-state index in [-0.39, 0.29) is 5.02 Å². The molecule has 1 unspecified atom stereocenters. The molecule has 0 aliphatic carbocycles. The number of aryl methyl sites for hydroxylation is 1. The van der Waals surface area contributed by atoms with E-state index in [1.54, 1.807) is 24.5 Å². The number of halogens is 2. The second-order valence-electron chi connectivity index (χ2n) is 3.81. The zero-order valence-corrected chi connectivity index (χ0v) is 9.95. The summed E-state index contributed by atoms with van der Waals surface area (Å²) in [6, 6.07) is 6.06. The van der Waals surface area contributed by atoms with Crippen molar-refractivity contribution in [1.29, 1.82) is 0 Å². The molecule has 4 heteroatoms. The maximum absolute atomic E-state index is 13.3. The Balaban J connectivity index is 2.40. The van der Waals surface area contributed by atoms with Gasteiger partial charge in [0.1, 0.15) is 11.9 Å². The molecule has 0 radical (unpaired) electrons. The fourth-order valence-corrected chi connectivity index (χ4v) is 1.74. The Labute approximate surface area is 104 Å². The van der Waals surface area contributed by atoms with Gasteiger partial charge in [-0.25, -0.2) is 4.39 Å². The first-order valence-corrected chi connectivity index (χ1v) is 5.51. The van der Waals surface area contributed by atoms with Crippen molar-refractivity contribution in [2.45, 2.75) is 13.0 Å². The number of pyridine rings is 1. The normalized spacial score (nSPS) is 12.5. The highest BCUT2D eigenvalue weighted by molar-refractivity contribution is 6.30. The molecule has 1 N–H and O–H groups in total. The second kappa shape index (κ2) is 4.82. The predicted molar refractivity (Wildman–Crippen MR) is 64.4 cm³/mol. The Morgan fingerprint density at radius 2 is 2.12 bits per heavy atom. The van der Waals surface area contributed by atoms with Crippen LogP contribution in [0.1, 0.15) is 22.8 Å². The van der Waals surface area contributed by atoms with Gasteiger partial charge in [-0.15, -0.1) is 0 Å². The van der Waals surface area contributed by atoms with Crippen molar-refractivity contribution in [2.24, 2.45) is 0 Å². The van der Waals surface area contributed by atoms with Crippen LogP contribution in [-0.4, -0.2) is 10.1 Å². The van der Waals surface area contributed by atoms with E-state index < -0.39 is 11.9 Å². The Morgan fingerprint density at radius 1 is 1.35 bits per heavy atom. The highest BCUT2D eigenvalue weighted by atomic mass is 35.5. The molecule has 2 aromatic rings. The summed E-state index contributed by atoms with van der Waals surface area (Å²) >= 11 is 5.59. The molecular weight excluding hydrogens is 241 g/mol. The number of hydrogen-bond acceptors (Lipinski definition) is 2. The third-order valence-electron chi connectivity index (χ3n) is 2.63. The Kier molecular flexibility index (Phi) is 3.41. The maximum atomic E-state index is 13.3. The van der Waals surface area contributed by atoms with Crippen LogP contribution >= 0.6 is 11.6 Å². The van der Waals surface area contributed by atoms with Crippen LogP contribution in [0.25, 0.3) is 0 Å². The molecule has 2 rings (SSSR count). The first kappa shape index (κ1) is 12.0. The molecule has 0 saturated heterocycles. The smallest absolute Gasteiger partial charge is 0.142 e. The molecule has 0 bridgehead atoms. The quantitative estimate of drug-likeness (QED) is 0.889. The zero-order valence-electron chi connectivity index (χ0n) is 9.19. The van der Waals surface area contributed by atoms with Crippen molar-refractivity contribution in [3.8, 4) is 0 Å². The van der Waals surface area contributed by atoms with Crippen LogP contribution < -0.4 is 0 Å². The van der Waals surface area contributed by atoms with Gasteiger partial charge in [0.2, 0.25) is 0 Å². The van der Waals surface area contributed by atoms with Crippen LogP contribution in [0, 0.1) is 12.7 Å². The lowest BCUT2D eigenvalue weighted by atomic mass is 9.99. The summed E-state index contributed by atoms with van der Waals surface area (Å²) in [7, 11) is 0. The third-order valence-corrected chi connectivity index (χ3v) is 2.94. The number of rotatable bonds is 2.